The highest BCUT2D eigenvalue weighted by atomic mass is 14.9. The standard InChI is InChI=1S/C70H64N2/c1-37-16-15-17-38(2)59(37)43-26-39-18-20-41-28-44(29-42-21-19-40(27-43)60(39)61(41)42)62-63-53-34-47(69(9,10)11)32-51-49-30-45(67(3,4)5)22-24-55(49)71(65(51)53)57(63)36-58-64(62)54-35-48(70(12,13)14)33-52-50-31-46(68(6,7)8)23-25-56(50)72(58)66(52)54/h15-36H,1-14H3/i1D3. The van der Waals surface area contributed by atoms with Gasteiger partial charge in [0.1, 0.15) is 0 Å². The summed E-state index contributed by atoms with van der Waals surface area (Å²) in [6.07, 6.45) is 0. The molecule has 0 unspecified atom stereocenters. The van der Waals surface area contributed by atoms with Crippen LogP contribution in [0.15, 0.2) is 133 Å². The van der Waals surface area contributed by atoms with E-state index in [-0.39, 0.29) is 21.7 Å². The van der Waals surface area contributed by atoms with Crippen LogP contribution in [0.3, 0.4) is 0 Å². The third-order valence-corrected chi connectivity index (χ3v) is 16.9. The second-order valence-corrected chi connectivity index (χ2v) is 25.7. The van der Waals surface area contributed by atoms with Crippen LogP contribution >= 0.6 is 0 Å². The van der Waals surface area contributed by atoms with Crippen molar-refractivity contribution in [2.75, 3.05) is 0 Å². The van der Waals surface area contributed by atoms with E-state index in [1.54, 1.807) is 6.07 Å². The minimum absolute atomic E-state index is 0.00215. The van der Waals surface area contributed by atoms with Crippen LogP contribution < -0.4 is 0 Å². The number of hydrogen-bond acceptors (Lipinski definition) is 0. The lowest BCUT2D eigenvalue weighted by molar-refractivity contribution is 0.590. The Morgan fingerprint density at radius 1 is 0.333 bits per heavy atom. The van der Waals surface area contributed by atoms with Gasteiger partial charge in [0, 0.05) is 52.8 Å². The molecule has 10 aromatic carbocycles. The van der Waals surface area contributed by atoms with Crippen LogP contribution in [0.25, 0.3) is 131 Å². The molecule has 14 aromatic rings. The van der Waals surface area contributed by atoms with E-state index in [4.69, 9.17) is 4.11 Å². The van der Waals surface area contributed by atoms with Gasteiger partial charge < -0.3 is 8.80 Å². The van der Waals surface area contributed by atoms with Crippen molar-refractivity contribution in [3.05, 3.63) is 167 Å². The van der Waals surface area contributed by atoms with Gasteiger partial charge in [-0.1, -0.05) is 138 Å². The zero-order valence-electron chi connectivity index (χ0n) is 47.1. The van der Waals surface area contributed by atoms with E-state index in [9.17, 15) is 0 Å². The molecular weight excluding hydrogens is 869 g/mol. The Hall–Kier alpha value is -7.16. The fraction of sp³-hybridized carbons (Fsp3) is 0.257. The first-order chi connectivity index (χ1) is 35.3. The third-order valence-electron chi connectivity index (χ3n) is 16.9. The van der Waals surface area contributed by atoms with Crippen LogP contribution in [0, 0.1) is 13.8 Å². The minimum Gasteiger partial charge on any atom is -0.308 e. The Balaban J connectivity index is 1.17. The lowest BCUT2D eigenvalue weighted by atomic mass is 9.83. The van der Waals surface area contributed by atoms with Gasteiger partial charge in [-0.25, -0.2) is 0 Å². The molecule has 0 aliphatic rings. The molecule has 0 saturated heterocycles. The maximum absolute atomic E-state index is 8.46. The molecule has 0 aliphatic carbocycles. The summed E-state index contributed by atoms with van der Waals surface area (Å²) < 4.78 is 30.6. The van der Waals surface area contributed by atoms with Gasteiger partial charge in [0.15, 0.2) is 0 Å². The molecule has 354 valence electrons. The fourth-order valence-electron chi connectivity index (χ4n) is 13.0. The molecule has 0 fully saturated rings. The summed E-state index contributed by atoms with van der Waals surface area (Å²) in [4.78, 5) is 0. The van der Waals surface area contributed by atoms with Crippen molar-refractivity contribution >= 4 is 109 Å². The molecule has 0 saturated carbocycles. The van der Waals surface area contributed by atoms with Crippen molar-refractivity contribution in [2.45, 2.75) is 119 Å². The lowest BCUT2D eigenvalue weighted by Gasteiger charge is -2.21. The van der Waals surface area contributed by atoms with Gasteiger partial charge in [0.25, 0.3) is 0 Å². The highest BCUT2D eigenvalue weighted by molar-refractivity contribution is 6.35. The van der Waals surface area contributed by atoms with Crippen molar-refractivity contribution in [3.8, 4) is 22.3 Å². The lowest BCUT2D eigenvalue weighted by Crippen LogP contribution is -2.11. The van der Waals surface area contributed by atoms with Gasteiger partial charge in [-0.2, -0.15) is 0 Å². The second kappa shape index (κ2) is 13.9. The van der Waals surface area contributed by atoms with Gasteiger partial charge >= 0.3 is 0 Å². The number of fused-ring (bicyclic) bond motifs is 12. The smallest absolute Gasteiger partial charge is 0.0620 e. The van der Waals surface area contributed by atoms with Crippen LogP contribution in [0.4, 0.5) is 0 Å². The Kier molecular flexibility index (Phi) is 7.79. The Morgan fingerprint density at radius 2 is 0.708 bits per heavy atom. The molecule has 0 aliphatic heterocycles. The summed E-state index contributed by atoms with van der Waals surface area (Å²) in [6.45, 7) is 27.8. The first-order valence-corrected chi connectivity index (χ1v) is 26.1. The second-order valence-electron chi connectivity index (χ2n) is 25.7. The number of aryl methyl sites for hydroxylation is 2. The monoisotopic (exact) mass is 936 g/mol. The summed E-state index contributed by atoms with van der Waals surface area (Å²) in [5.41, 5.74) is 18.2. The van der Waals surface area contributed by atoms with Gasteiger partial charge in [-0.3, -0.25) is 0 Å². The van der Waals surface area contributed by atoms with Crippen LogP contribution in [0.2, 0.25) is 0 Å². The average Bonchev–Trinajstić information content (AvgIpc) is 4.29. The number of rotatable bonds is 2. The highest BCUT2D eigenvalue weighted by Crippen LogP contribution is 2.53. The largest absolute Gasteiger partial charge is 0.308 e. The quantitative estimate of drug-likeness (QED) is 0.153. The normalized spacial score (nSPS) is 14.5. The first kappa shape index (κ1) is 40.4. The highest BCUT2D eigenvalue weighted by Gasteiger charge is 2.31. The molecule has 0 N–H and O–H groups in total. The summed E-state index contributed by atoms with van der Waals surface area (Å²) in [7, 11) is 0. The minimum atomic E-state index is -2.23. The van der Waals surface area contributed by atoms with Crippen LogP contribution in [-0.2, 0) is 21.7 Å². The van der Waals surface area contributed by atoms with Crippen molar-refractivity contribution in [1.82, 2.24) is 8.80 Å². The predicted octanol–water partition coefficient (Wildman–Crippen LogP) is 20.0. The van der Waals surface area contributed by atoms with Gasteiger partial charge in [-0.05, 0) is 197 Å². The Morgan fingerprint density at radius 3 is 1.11 bits per heavy atom. The Labute approximate surface area is 427 Å². The molecular formula is C70H64N2. The van der Waals surface area contributed by atoms with Crippen molar-refractivity contribution in [2.24, 2.45) is 0 Å². The van der Waals surface area contributed by atoms with Crippen LogP contribution in [0.1, 0.15) is 121 Å². The van der Waals surface area contributed by atoms with Gasteiger partial charge in [-0.15, -0.1) is 0 Å². The molecule has 0 spiro atoms. The van der Waals surface area contributed by atoms with E-state index in [0.717, 1.165) is 27.5 Å². The van der Waals surface area contributed by atoms with Crippen LogP contribution in [0.5, 0.6) is 0 Å². The van der Waals surface area contributed by atoms with E-state index in [0.29, 0.717) is 5.56 Å². The third kappa shape index (κ3) is 5.84. The molecule has 4 heterocycles. The molecule has 14 rings (SSSR count). The molecule has 72 heavy (non-hydrogen) atoms. The van der Waals surface area contributed by atoms with Crippen molar-refractivity contribution in [3.63, 3.8) is 0 Å². The zero-order valence-corrected chi connectivity index (χ0v) is 44.1. The zero-order chi connectivity index (χ0) is 52.5. The number of nitrogens with zero attached hydrogens (tertiary/aromatic N) is 2. The SMILES string of the molecule is [2H]C([2H])([2H])c1cccc(C)c1-c1cc2ccc3cc(-c4c5c6cc(C(C)(C)C)cc7c8cc(C(C)(C)C)ccc8n(c5cc5c4c4cc(C(C)(C)C)cc8c9cc(C(C)(C)C)ccc9n5c84)c76)cc4ccc(c1)c2c34. The number of hydrogen-bond donors (Lipinski definition) is 0. The maximum Gasteiger partial charge on any atom is 0.0620 e. The molecule has 2 heteroatoms. The molecule has 0 atom stereocenters. The van der Waals surface area contributed by atoms with Gasteiger partial charge in [0.05, 0.1) is 33.1 Å². The Bertz CT molecular complexity index is 4510. The first-order valence-electron chi connectivity index (χ1n) is 27.6. The summed E-state index contributed by atoms with van der Waals surface area (Å²) >= 11 is 0. The summed E-state index contributed by atoms with van der Waals surface area (Å²) in [5.74, 6) is 0. The average molecular weight is 936 g/mol. The van der Waals surface area contributed by atoms with E-state index < -0.39 is 6.85 Å². The molecule has 4 aromatic heterocycles. The molecule has 2 nitrogen and oxygen atoms in total. The van der Waals surface area contributed by atoms with E-state index in [1.165, 1.54) is 131 Å². The molecule has 0 bridgehead atoms. The number of aromatic nitrogens is 2. The topological polar surface area (TPSA) is 8.82 Å². The van der Waals surface area contributed by atoms with Crippen molar-refractivity contribution in [1.29, 1.82) is 0 Å². The van der Waals surface area contributed by atoms with E-state index in [1.807, 2.05) is 19.1 Å². The van der Waals surface area contributed by atoms with E-state index >= 15 is 0 Å². The molecule has 0 radical (unpaired) electrons. The fourth-order valence-corrected chi connectivity index (χ4v) is 13.0. The van der Waals surface area contributed by atoms with Crippen molar-refractivity contribution < 1.29 is 4.11 Å². The van der Waals surface area contributed by atoms with Gasteiger partial charge in [0.2, 0.25) is 0 Å². The molecule has 0 amide bonds. The van der Waals surface area contributed by atoms with E-state index in [2.05, 4.69) is 207 Å². The maximum atomic E-state index is 8.46. The summed E-state index contributed by atoms with van der Waals surface area (Å²) in [6, 6.07) is 51.1. The predicted molar refractivity (Wildman–Crippen MR) is 315 cm³/mol. The summed E-state index contributed by atoms with van der Waals surface area (Å²) in [5, 5.41) is 17.5. The van der Waals surface area contributed by atoms with Crippen LogP contribution in [-0.4, -0.2) is 8.80 Å². The number of benzene rings is 10.